The number of alkyl halides is 3. The molecule has 2 amide bonds. The van der Waals surface area contributed by atoms with Gasteiger partial charge in [0.15, 0.2) is 11.6 Å². The molecule has 0 aliphatic heterocycles. The van der Waals surface area contributed by atoms with Crippen molar-refractivity contribution in [2.75, 3.05) is 13.6 Å². The highest BCUT2D eigenvalue weighted by molar-refractivity contribution is 6.42. The molecule has 0 aliphatic carbocycles. The lowest BCUT2D eigenvalue weighted by atomic mass is 9.82. The van der Waals surface area contributed by atoms with Crippen LogP contribution in [0.2, 0.25) is 10.0 Å². The number of hydrogen-bond acceptors (Lipinski definition) is 3. The highest BCUT2D eigenvalue weighted by Gasteiger charge is 2.44. The Morgan fingerprint density at radius 3 is 2.22 bits per heavy atom. The van der Waals surface area contributed by atoms with Crippen molar-refractivity contribution in [3.05, 3.63) is 69.2 Å². The summed E-state index contributed by atoms with van der Waals surface area (Å²) >= 11 is 12.1. The summed E-state index contributed by atoms with van der Waals surface area (Å²) in [5, 5.41) is 10.2. The van der Waals surface area contributed by atoms with Crippen molar-refractivity contribution in [1.29, 1.82) is 0 Å². The third-order valence-electron chi connectivity index (χ3n) is 5.48. The van der Waals surface area contributed by atoms with Gasteiger partial charge in [0.05, 0.1) is 22.1 Å². The maximum atomic E-state index is 13.8. The molecule has 0 saturated carbocycles. The number of benzene rings is 2. The number of amides is 2. The zero-order chi connectivity index (χ0) is 27.3. The van der Waals surface area contributed by atoms with Crippen molar-refractivity contribution in [1.82, 2.24) is 9.80 Å². The summed E-state index contributed by atoms with van der Waals surface area (Å²) < 4.78 is 65.9. The third kappa shape index (κ3) is 7.30. The maximum absolute atomic E-state index is 13.8. The van der Waals surface area contributed by atoms with E-state index in [1.807, 2.05) is 0 Å². The van der Waals surface area contributed by atoms with Gasteiger partial charge in [-0.05, 0) is 41.8 Å². The van der Waals surface area contributed by atoms with Gasteiger partial charge in [-0.2, -0.15) is 13.2 Å². The first kappa shape index (κ1) is 29.3. The second-order valence-electron chi connectivity index (χ2n) is 8.02. The Balaban J connectivity index is 2.70. The summed E-state index contributed by atoms with van der Waals surface area (Å²) in [6.07, 6.45) is -8.30. The lowest BCUT2D eigenvalue weighted by molar-refractivity contribution is -0.161. The Kier molecular flexibility index (Phi) is 9.67. The minimum Gasteiger partial charge on any atom is -0.465 e. The number of aldehydes is 1. The van der Waals surface area contributed by atoms with Crippen LogP contribution in [-0.2, 0) is 21.7 Å². The molecule has 13 heteroatoms. The van der Waals surface area contributed by atoms with Crippen LogP contribution in [-0.4, -0.2) is 53.0 Å². The lowest BCUT2D eigenvalue weighted by Crippen LogP contribution is -2.55. The number of hydrogen-bond donors (Lipinski definition) is 1. The van der Waals surface area contributed by atoms with E-state index in [0.717, 1.165) is 30.1 Å². The minimum atomic E-state index is -4.82. The van der Waals surface area contributed by atoms with Crippen molar-refractivity contribution in [2.45, 2.75) is 37.5 Å². The number of carbonyl (C=O) groups excluding carboxylic acids is 2. The molecule has 0 aliphatic rings. The van der Waals surface area contributed by atoms with Crippen LogP contribution in [0.25, 0.3) is 0 Å². The summed E-state index contributed by atoms with van der Waals surface area (Å²) in [7, 11) is 1.05. The van der Waals surface area contributed by atoms with Gasteiger partial charge in [-0.15, -0.1) is 0 Å². The van der Waals surface area contributed by atoms with E-state index in [1.165, 1.54) is 18.2 Å². The van der Waals surface area contributed by atoms with E-state index < -0.39 is 54.9 Å². The zero-order valence-corrected chi connectivity index (χ0v) is 20.3. The SMILES string of the molecule is CN(C[C@](CCC=O)(c1ccc(Cl)c(Cl)c1)N(Cc1ccc(F)c(F)c1)C(=O)O)C(=O)CC(F)(F)F. The first-order valence-corrected chi connectivity index (χ1v) is 11.1. The number of nitrogens with zero attached hydrogens (tertiary/aromatic N) is 2. The van der Waals surface area contributed by atoms with Gasteiger partial charge in [-0.25, -0.2) is 13.6 Å². The number of rotatable bonds is 10. The van der Waals surface area contributed by atoms with Crippen molar-refractivity contribution < 1.29 is 41.4 Å². The van der Waals surface area contributed by atoms with Crippen LogP contribution in [0.1, 0.15) is 30.4 Å². The lowest BCUT2D eigenvalue weighted by Gasteiger charge is -2.45. The predicted molar refractivity (Wildman–Crippen MR) is 122 cm³/mol. The van der Waals surface area contributed by atoms with Crippen molar-refractivity contribution in [2.24, 2.45) is 0 Å². The molecule has 0 radical (unpaired) electrons. The largest absolute Gasteiger partial charge is 0.465 e. The molecule has 1 atom stereocenters. The van der Waals surface area contributed by atoms with Gasteiger partial charge in [-0.3, -0.25) is 9.69 Å². The summed E-state index contributed by atoms with van der Waals surface area (Å²) in [5.41, 5.74) is -1.70. The van der Waals surface area contributed by atoms with E-state index in [1.54, 1.807) is 0 Å². The molecule has 0 saturated heterocycles. The highest BCUT2D eigenvalue weighted by atomic mass is 35.5. The predicted octanol–water partition coefficient (Wildman–Crippen LogP) is 6.04. The van der Waals surface area contributed by atoms with E-state index in [2.05, 4.69) is 0 Å². The summed E-state index contributed by atoms with van der Waals surface area (Å²) in [6.45, 7) is -1.18. The van der Waals surface area contributed by atoms with Crippen LogP contribution >= 0.6 is 23.2 Å². The molecule has 1 N–H and O–H groups in total. The molecule has 36 heavy (non-hydrogen) atoms. The first-order valence-electron chi connectivity index (χ1n) is 10.3. The Morgan fingerprint density at radius 2 is 1.69 bits per heavy atom. The molecule has 6 nitrogen and oxygen atoms in total. The molecular formula is C23H21Cl2F5N2O4. The molecule has 0 fully saturated rings. The molecule has 196 valence electrons. The van der Waals surface area contributed by atoms with Crippen LogP contribution in [0.5, 0.6) is 0 Å². The summed E-state index contributed by atoms with van der Waals surface area (Å²) in [6, 6.07) is 6.65. The van der Waals surface area contributed by atoms with Crippen LogP contribution < -0.4 is 0 Å². The van der Waals surface area contributed by atoms with Gasteiger partial charge < -0.3 is 14.8 Å². The number of likely N-dealkylation sites (N-methyl/N-ethyl adjacent to an activating group) is 1. The van der Waals surface area contributed by atoms with E-state index >= 15 is 0 Å². The van der Waals surface area contributed by atoms with Crippen molar-refractivity contribution in [3.63, 3.8) is 0 Å². The Morgan fingerprint density at radius 1 is 1.03 bits per heavy atom. The Labute approximate surface area is 213 Å². The second-order valence-corrected chi connectivity index (χ2v) is 8.84. The molecular weight excluding hydrogens is 534 g/mol. The molecule has 0 bridgehead atoms. The maximum Gasteiger partial charge on any atom is 0.408 e. The van der Waals surface area contributed by atoms with Crippen LogP contribution in [0.3, 0.4) is 0 Å². The fourth-order valence-electron chi connectivity index (χ4n) is 3.78. The molecule has 0 heterocycles. The number of carboxylic acid groups (broad SMARTS) is 1. The normalized spacial score (nSPS) is 13.1. The van der Waals surface area contributed by atoms with Crippen molar-refractivity contribution >= 4 is 41.5 Å². The van der Waals surface area contributed by atoms with E-state index in [9.17, 15) is 41.4 Å². The molecule has 0 aromatic heterocycles. The third-order valence-corrected chi connectivity index (χ3v) is 6.22. The molecule has 0 unspecified atom stereocenters. The average Bonchev–Trinajstić information content (AvgIpc) is 2.78. The fourth-order valence-corrected chi connectivity index (χ4v) is 4.08. The zero-order valence-electron chi connectivity index (χ0n) is 18.8. The first-order chi connectivity index (χ1) is 16.7. The molecule has 0 spiro atoms. The van der Waals surface area contributed by atoms with Gasteiger partial charge in [-0.1, -0.05) is 35.3 Å². The smallest absolute Gasteiger partial charge is 0.408 e. The van der Waals surface area contributed by atoms with Gasteiger partial charge >= 0.3 is 12.3 Å². The molecule has 2 aromatic rings. The van der Waals surface area contributed by atoms with E-state index in [4.69, 9.17) is 23.2 Å². The van der Waals surface area contributed by atoms with Crippen LogP contribution in [0.15, 0.2) is 36.4 Å². The Hall–Kier alpha value is -2.92. The quantitative estimate of drug-likeness (QED) is 0.287. The van der Waals surface area contributed by atoms with Gasteiger partial charge in [0.2, 0.25) is 5.91 Å². The topological polar surface area (TPSA) is 77.9 Å². The highest BCUT2D eigenvalue weighted by Crippen LogP contribution is 2.39. The standard InChI is InChI=1S/C23H21Cl2F5N2O4/c1-31(20(34)11-23(28,29)30)13-22(7-2-8-33,15-4-5-16(24)17(25)10-15)32(21(35)36)12-14-3-6-18(26)19(27)9-14/h3-6,8-10H,2,7,11-13H2,1H3,(H,35,36)/t22-/m1/s1. The fraction of sp³-hybridized carbons (Fsp3) is 0.348. The summed E-state index contributed by atoms with van der Waals surface area (Å²) in [5.74, 6) is -3.77. The minimum absolute atomic E-state index is 0.0103. The van der Waals surface area contributed by atoms with E-state index in [-0.39, 0.29) is 34.0 Å². The molecule has 2 aromatic carbocycles. The van der Waals surface area contributed by atoms with Gasteiger partial charge in [0, 0.05) is 20.0 Å². The van der Waals surface area contributed by atoms with Crippen LogP contribution in [0.4, 0.5) is 26.7 Å². The monoisotopic (exact) mass is 554 g/mol. The van der Waals surface area contributed by atoms with Gasteiger partial charge in [0.25, 0.3) is 0 Å². The van der Waals surface area contributed by atoms with Gasteiger partial charge in [0.1, 0.15) is 12.7 Å². The molecule has 2 rings (SSSR count). The average molecular weight is 555 g/mol. The van der Waals surface area contributed by atoms with E-state index in [0.29, 0.717) is 11.2 Å². The number of halogens is 7. The summed E-state index contributed by atoms with van der Waals surface area (Å²) in [4.78, 5) is 37.6. The second kappa shape index (κ2) is 11.9. The Bertz CT molecular complexity index is 1130. The van der Waals surface area contributed by atoms with Crippen LogP contribution in [0, 0.1) is 11.6 Å². The number of carbonyl (C=O) groups is 3. The van der Waals surface area contributed by atoms with Crippen molar-refractivity contribution in [3.8, 4) is 0 Å².